The van der Waals surface area contributed by atoms with Crippen LogP contribution in [0.4, 0.5) is 4.79 Å². The first kappa shape index (κ1) is 36.7. The number of ether oxygens (including phenoxy) is 2. The highest BCUT2D eigenvalue weighted by Gasteiger charge is 2.64. The Kier molecular flexibility index (Phi) is 11.5. The molecule has 3 aromatic rings. The number of rotatable bonds is 13. The Hall–Kier alpha value is -5.57. The molecule has 2 aliphatic rings. The molecule has 0 radical (unpaired) electrons. The number of amides is 5. The summed E-state index contributed by atoms with van der Waals surface area (Å²) in [4.78, 5) is 80.6. The summed E-state index contributed by atoms with van der Waals surface area (Å²) in [7, 11) is 1.37. The van der Waals surface area contributed by atoms with Crippen LogP contribution in [0.5, 0.6) is 5.75 Å². The van der Waals surface area contributed by atoms with Crippen molar-refractivity contribution in [3.05, 3.63) is 102 Å². The summed E-state index contributed by atoms with van der Waals surface area (Å²) in [5, 5.41) is 19.4. The molecule has 2 saturated heterocycles. The SMILES string of the molecule is CNC(=O)CC(NC(=O)OCc1ccccc1)C(=O)NC(C(=O)N[C@@H]1C(=O)N2[C@@H]1SC(C)(C)[C@@H]2C(=O)OCc1ccccc1)c1ccc(O)cc1. The molecule has 0 saturated carbocycles. The number of phenolic OH excluding ortho intramolecular Hbond substituents is 1. The lowest BCUT2D eigenvalue weighted by atomic mass is 9.95. The molecule has 5 N–H and O–H groups in total. The highest BCUT2D eigenvalue weighted by Crippen LogP contribution is 2.51. The van der Waals surface area contributed by atoms with Crippen LogP contribution in [0.1, 0.15) is 43.0 Å². The summed E-state index contributed by atoms with van der Waals surface area (Å²) in [5.74, 6) is -3.38. The molecule has 2 unspecified atom stereocenters. The normalized spacial score (nSPS) is 19.7. The summed E-state index contributed by atoms with van der Waals surface area (Å²) in [6, 6.07) is 18.7. The van der Waals surface area contributed by atoms with Crippen LogP contribution in [0, 0.1) is 0 Å². The fourth-order valence-corrected chi connectivity index (χ4v) is 7.41. The number of nitrogens with zero attached hydrogens (tertiary/aromatic N) is 1. The van der Waals surface area contributed by atoms with Crippen molar-refractivity contribution in [1.29, 1.82) is 0 Å². The predicted octanol–water partition coefficient (Wildman–Crippen LogP) is 2.27. The minimum Gasteiger partial charge on any atom is -0.508 e. The van der Waals surface area contributed by atoms with Crippen molar-refractivity contribution >= 4 is 47.5 Å². The van der Waals surface area contributed by atoms with E-state index in [1.54, 1.807) is 30.3 Å². The number of carbonyl (C=O) groups excluding carboxylic acids is 6. The Balaban J connectivity index is 1.28. The largest absolute Gasteiger partial charge is 0.508 e. The van der Waals surface area contributed by atoms with Crippen LogP contribution < -0.4 is 21.3 Å². The minimum absolute atomic E-state index is 0.0400. The zero-order chi connectivity index (χ0) is 36.7. The number of benzene rings is 3. The van der Waals surface area contributed by atoms with Crippen molar-refractivity contribution in [2.75, 3.05) is 7.05 Å². The van der Waals surface area contributed by atoms with Gasteiger partial charge in [0.25, 0.3) is 0 Å². The van der Waals surface area contributed by atoms with E-state index in [4.69, 9.17) is 9.47 Å². The van der Waals surface area contributed by atoms with E-state index in [-0.39, 0.29) is 24.5 Å². The molecule has 2 fully saturated rings. The topological polar surface area (TPSA) is 192 Å². The number of nitrogens with one attached hydrogen (secondary N) is 4. The molecule has 5 amide bonds. The van der Waals surface area contributed by atoms with E-state index < -0.39 is 76.4 Å². The molecular weight excluding hydrogens is 678 g/mol. The van der Waals surface area contributed by atoms with Gasteiger partial charge in [-0.15, -0.1) is 11.8 Å². The monoisotopic (exact) mass is 717 g/mol. The fraction of sp³-hybridized carbons (Fsp3) is 0.333. The second-order valence-electron chi connectivity index (χ2n) is 12.5. The first-order valence-corrected chi connectivity index (χ1v) is 17.0. The van der Waals surface area contributed by atoms with Gasteiger partial charge in [-0.3, -0.25) is 19.2 Å². The number of fused-ring (bicyclic) bond motifs is 1. The molecule has 0 spiro atoms. The fourth-order valence-electron chi connectivity index (χ4n) is 5.78. The lowest BCUT2D eigenvalue weighted by Gasteiger charge is -2.44. The quantitative estimate of drug-likeness (QED) is 0.129. The van der Waals surface area contributed by atoms with Crippen LogP contribution in [0.3, 0.4) is 0 Å². The van der Waals surface area contributed by atoms with Gasteiger partial charge in [0.2, 0.25) is 23.6 Å². The Bertz CT molecular complexity index is 1760. The smallest absolute Gasteiger partial charge is 0.408 e. The van der Waals surface area contributed by atoms with Gasteiger partial charge < -0.3 is 40.7 Å². The molecule has 14 nitrogen and oxygen atoms in total. The molecule has 2 aliphatic heterocycles. The molecule has 51 heavy (non-hydrogen) atoms. The predicted molar refractivity (Wildman–Crippen MR) is 185 cm³/mol. The molecule has 5 atom stereocenters. The Labute approximate surface area is 298 Å². The molecule has 2 heterocycles. The van der Waals surface area contributed by atoms with Gasteiger partial charge >= 0.3 is 12.1 Å². The maximum Gasteiger partial charge on any atom is 0.408 e. The lowest BCUT2D eigenvalue weighted by Crippen LogP contribution is -2.71. The average molecular weight is 718 g/mol. The number of alkyl carbamates (subject to hydrolysis) is 1. The van der Waals surface area contributed by atoms with Gasteiger partial charge in [-0.1, -0.05) is 72.8 Å². The van der Waals surface area contributed by atoms with Gasteiger partial charge in [0.1, 0.15) is 48.5 Å². The second kappa shape index (κ2) is 16.0. The molecule has 5 rings (SSSR count). The summed E-state index contributed by atoms with van der Waals surface area (Å²) in [5.41, 5.74) is 1.74. The van der Waals surface area contributed by atoms with Gasteiger partial charge in [-0.05, 0) is 42.7 Å². The third kappa shape index (κ3) is 8.78. The lowest BCUT2D eigenvalue weighted by molar-refractivity contribution is -0.165. The Morgan fingerprint density at radius 2 is 1.43 bits per heavy atom. The molecular formula is C36H39N5O9S. The highest BCUT2D eigenvalue weighted by molar-refractivity contribution is 8.01. The Morgan fingerprint density at radius 3 is 2.02 bits per heavy atom. The van der Waals surface area contributed by atoms with Gasteiger partial charge in [0.15, 0.2) is 0 Å². The summed E-state index contributed by atoms with van der Waals surface area (Å²) < 4.78 is 10.1. The maximum absolute atomic E-state index is 13.9. The molecule has 3 aromatic carbocycles. The van der Waals surface area contributed by atoms with Crippen LogP contribution in [-0.4, -0.2) is 81.0 Å². The van der Waals surface area contributed by atoms with E-state index in [1.165, 1.54) is 48.0 Å². The number of hydrogen-bond acceptors (Lipinski definition) is 10. The zero-order valence-corrected chi connectivity index (χ0v) is 29.0. The van der Waals surface area contributed by atoms with Crippen molar-refractivity contribution in [3.8, 4) is 5.75 Å². The average Bonchev–Trinajstić information content (AvgIpc) is 3.39. The third-order valence-electron chi connectivity index (χ3n) is 8.45. The van der Waals surface area contributed by atoms with Crippen molar-refractivity contribution < 1.29 is 43.3 Å². The van der Waals surface area contributed by atoms with Crippen molar-refractivity contribution in [2.45, 2.75) is 67.8 Å². The van der Waals surface area contributed by atoms with E-state index in [9.17, 15) is 33.9 Å². The van der Waals surface area contributed by atoms with Crippen LogP contribution >= 0.6 is 11.8 Å². The highest BCUT2D eigenvalue weighted by atomic mass is 32.2. The van der Waals surface area contributed by atoms with Gasteiger partial charge in [0, 0.05) is 11.8 Å². The van der Waals surface area contributed by atoms with Crippen LogP contribution in [0.25, 0.3) is 0 Å². The number of phenols is 1. The van der Waals surface area contributed by atoms with Crippen LogP contribution in [0.15, 0.2) is 84.9 Å². The molecule has 268 valence electrons. The number of thioether (sulfide) groups is 1. The molecule has 15 heteroatoms. The molecule has 0 aliphatic carbocycles. The number of aromatic hydroxyl groups is 1. The number of β-lactam (4-membered cyclic amide) rings is 1. The van der Waals surface area contributed by atoms with Crippen molar-refractivity contribution in [1.82, 2.24) is 26.2 Å². The van der Waals surface area contributed by atoms with Crippen LogP contribution in [0.2, 0.25) is 0 Å². The second-order valence-corrected chi connectivity index (χ2v) is 14.3. The van der Waals surface area contributed by atoms with Gasteiger partial charge in [0.05, 0.1) is 6.42 Å². The molecule has 0 bridgehead atoms. The first-order valence-electron chi connectivity index (χ1n) is 16.2. The zero-order valence-electron chi connectivity index (χ0n) is 28.2. The summed E-state index contributed by atoms with van der Waals surface area (Å²) >= 11 is 1.34. The van der Waals surface area contributed by atoms with Gasteiger partial charge in [-0.2, -0.15) is 0 Å². The van der Waals surface area contributed by atoms with E-state index in [0.717, 1.165) is 5.56 Å². The van der Waals surface area contributed by atoms with E-state index in [0.29, 0.717) is 5.56 Å². The number of esters is 1. The van der Waals surface area contributed by atoms with E-state index in [2.05, 4.69) is 21.3 Å². The number of hydrogen-bond donors (Lipinski definition) is 5. The standard InChI is InChI=1S/C36H39N5O9S/c1-36(2)29(34(47)49-19-21-10-6-4-7-11-21)41-32(46)28(33(41)51-36)40-31(45)27(23-14-16-24(42)17-15-23)39-30(44)25(18-26(43)37-3)38-35(48)50-20-22-12-8-5-9-13-22/h4-17,25,27-29,33,42H,18-20H2,1-3H3,(H,37,43)(H,38,48)(H,39,44)(H,40,45)/t25?,27?,28-,29+,33-/m1/s1. The van der Waals surface area contributed by atoms with Crippen molar-refractivity contribution in [3.63, 3.8) is 0 Å². The van der Waals surface area contributed by atoms with E-state index in [1.807, 2.05) is 44.2 Å². The first-order chi connectivity index (χ1) is 24.4. The van der Waals surface area contributed by atoms with Gasteiger partial charge in [-0.25, -0.2) is 9.59 Å². The third-order valence-corrected chi connectivity index (χ3v) is 10.0. The van der Waals surface area contributed by atoms with Crippen LogP contribution in [-0.2, 0) is 46.7 Å². The number of carbonyl (C=O) groups is 6. The van der Waals surface area contributed by atoms with E-state index >= 15 is 0 Å². The summed E-state index contributed by atoms with van der Waals surface area (Å²) in [6.45, 7) is 3.59. The minimum atomic E-state index is -1.45. The van der Waals surface area contributed by atoms with Crippen molar-refractivity contribution in [2.24, 2.45) is 0 Å². The molecule has 0 aromatic heterocycles. The maximum atomic E-state index is 13.9. The Morgan fingerprint density at radius 1 is 0.843 bits per heavy atom. The summed E-state index contributed by atoms with van der Waals surface area (Å²) in [6.07, 6.45) is -1.44.